The lowest BCUT2D eigenvalue weighted by Gasteiger charge is -2.26. The number of ether oxygens (including phenoxy) is 1. The number of benzene rings is 2. The molecule has 166 valence electrons. The summed E-state index contributed by atoms with van der Waals surface area (Å²) in [6.45, 7) is 5.28. The maximum Gasteiger partial charge on any atom is 0.119 e. The Morgan fingerprint density at radius 1 is 0.774 bits per heavy atom. The van der Waals surface area contributed by atoms with Crippen LogP contribution in [-0.2, 0) is 6.42 Å². The van der Waals surface area contributed by atoms with E-state index in [1.54, 1.807) is 0 Å². The Balaban J connectivity index is 1.42. The molecule has 0 aliphatic heterocycles. The highest BCUT2D eigenvalue weighted by Gasteiger charge is 2.21. The van der Waals surface area contributed by atoms with Crippen molar-refractivity contribution in [3.8, 4) is 17.6 Å². The Morgan fingerprint density at radius 2 is 1.48 bits per heavy atom. The summed E-state index contributed by atoms with van der Waals surface area (Å²) in [5, 5.41) is 0. The van der Waals surface area contributed by atoms with Crippen molar-refractivity contribution in [2.45, 2.75) is 90.4 Å². The van der Waals surface area contributed by atoms with Crippen LogP contribution in [0.3, 0.4) is 0 Å². The summed E-state index contributed by atoms with van der Waals surface area (Å²) < 4.78 is 5.80. The zero-order valence-electron chi connectivity index (χ0n) is 19.7. The smallest absolute Gasteiger partial charge is 0.119 e. The van der Waals surface area contributed by atoms with Crippen LogP contribution in [0.25, 0.3) is 0 Å². The molecule has 0 radical (unpaired) electrons. The highest BCUT2D eigenvalue weighted by molar-refractivity contribution is 5.37. The van der Waals surface area contributed by atoms with Gasteiger partial charge in [0, 0.05) is 11.5 Å². The van der Waals surface area contributed by atoms with Gasteiger partial charge in [-0.05, 0) is 86.3 Å². The average molecular weight is 417 g/mol. The van der Waals surface area contributed by atoms with Crippen molar-refractivity contribution in [1.82, 2.24) is 0 Å². The normalized spacial score (nSPS) is 18.3. The van der Waals surface area contributed by atoms with E-state index in [1.807, 2.05) is 0 Å². The Bertz CT molecular complexity index is 798. The predicted octanol–water partition coefficient (Wildman–Crippen LogP) is 8.31. The fourth-order valence-corrected chi connectivity index (χ4v) is 4.44. The standard InChI is InChI=1S/C30H40O/c1-3-5-7-8-9-25-10-12-26(13-11-25)14-15-27-16-18-28(19-17-27)29-20-22-30(23-21-29)31-24-6-4-2/h10-13,20-23,27-28H,3-9,16-19,24H2,1-2H3. The first-order valence-electron chi connectivity index (χ1n) is 12.6. The second-order valence-electron chi connectivity index (χ2n) is 9.10. The van der Waals surface area contributed by atoms with Gasteiger partial charge in [0.1, 0.15) is 5.75 Å². The number of unbranched alkanes of at least 4 members (excludes halogenated alkanes) is 4. The molecule has 31 heavy (non-hydrogen) atoms. The molecule has 1 aliphatic carbocycles. The number of hydrogen-bond acceptors (Lipinski definition) is 1. The molecule has 0 amide bonds. The van der Waals surface area contributed by atoms with Crippen LogP contribution in [0.5, 0.6) is 5.75 Å². The number of rotatable bonds is 10. The van der Waals surface area contributed by atoms with Crippen molar-refractivity contribution < 1.29 is 4.74 Å². The van der Waals surface area contributed by atoms with Crippen LogP contribution < -0.4 is 4.74 Å². The minimum absolute atomic E-state index is 0.543. The van der Waals surface area contributed by atoms with E-state index < -0.39 is 0 Å². The van der Waals surface area contributed by atoms with Gasteiger partial charge < -0.3 is 4.74 Å². The van der Waals surface area contributed by atoms with Crippen LogP contribution in [0.15, 0.2) is 48.5 Å². The quantitative estimate of drug-likeness (QED) is 0.279. The summed E-state index contributed by atoms with van der Waals surface area (Å²) >= 11 is 0. The molecule has 1 saturated carbocycles. The van der Waals surface area contributed by atoms with Crippen LogP contribution in [-0.4, -0.2) is 6.61 Å². The third-order valence-electron chi connectivity index (χ3n) is 6.54. The number of aryl methyl sites for hydroxylation is 1. The highest BCUT2D eigenvalue weighted by Crippen LogP contribution is 2.36. The van der Waals surface area contributed by atoms with Crippen LogP contribution in [0, 0.1) is 17.8 Å². The molecule has 1 nitrogen and oxygen atoms in total. The van der Waals surface area contributed by atoms with Crippen LogP contribution in [0.4, 0.5) is 0 Å². The van der Waals surface area contributed by atoms with Gasteiger partial charge >= 0.3 is 0 Å². The van der Waals surface area contributed by atoms with Gasteiger partial charge in [-0.25, -0.2) is 0 Å². The van der Waals surface area contributed by atoms with Crippen LogP contribution in [0.1, 0.15) is 101 Å². The highest BCUT2D eigenvalue weighted by atomic mass is 16.5. The van der Waals surface area contributed by atoms with Crippen molar-refractivity contribution in [3.05, 3.63) is 65.2 Å². The lowest BCUT2D eigenvalue weighted by Crippen LogP contribution is -2.12. The van der Waals surface area contributed by atoms with Gasteiger partial charge in [0.05, 0.1) is 6.61 Å². The summed E-state index contributed by atoms with van der Waals surface area (Å²) in [7, 11) is 0. The van der Waals surface area contributed by atoms with Crippen molar-refractivity contribution in [1.29, 1.82) is 0 Å². The van der Waals surface area contributed by atoms with E-state index in [0.29, 0.717) is 11.8 Å². The minimum atomic E-state index is 0.543. The van der Waals surface area contributed by atoms with E-state index in [4.69, 9.17) is 4.74 Å². The van der Waals surface area contributed by atoms with E-state index in [1.165, 1.54) is 75.3 Å². The van der Waals surface area contributed by atoms with Gasteiger partial charge in [-0.2, -0.15) is 0 Å². The fraction of sp³-hybridized carbons (Fsp3) is 0.533. The summed E-state index contributed by atoms with van der Waals surface area (Å²) in [5.41, 5.74) is 4.07. The first-order chi connectivity index (χ1) is 15.3. The Hall–Kier alpha value is -2.20. The van der Waals surface area contributed by atoms with E-state index in [9.17, 15) is 0 Å². The Kier molecular flexibility index (Phi) is 10.0. The first kappa shape index (κ1) is 23.5. The fourth-order valence-electron chi connectivity index (χ4n) is 4.44. The molecule has 0 saturated heterocycles. The van der Waals surface area contributed by atoms with Gasteiger partial charge in [0.2, 0.25) is 0 Å². The summed E-state index contributed by atoms with van der Waals surface area (Å²) in [4.78, 5) is 0. The van der Waals surface area contributed by atoms with Gasteiger partial charge in [0.25, 0.3) is 0 Å². The molecular weight excluding hydrogens is 376 g/mol. The van der Waals surface area contributed by atoms with E-state index in [0.717, 1.165) is 24.3 Å². The topological polar surface area (TPSA) is 9.23 Å². The summed E-state index contributed by atoms with van der Waals surface area (Å²) in [6.07, 6.45) is 13.7. The predicted molar refractivity (Wildman–Crippen MR) is 133 cm³/mol. The molecule has 1 fully saturated rings. The first-order valence-corrected chi connectivity index (χ1v) is 12.6. The molecule has 2 aromatic rings. The lowest BCUT2D eigenvalue weighted by atomic mass is 9.79. The van der Waals surface area contributed by atoms with Crippen LogP contribution in [0.2, 0.25) is 0 Å². The van der Waals surface area contributed by atoms with Gasteiger partial charge in [0.15, 0.2) is 0 Å². The maximum absolute atomic E-state index is 5.80. The maximum atomic E-state index is 5.80. The van der Waals surface area contributed by atoms with Gasteiger partial charge in [-0.1, -0.05) is 75.6 Å². The molecule has 1 aliphatic rings. The molecule has 2 aromatic carbocycles. The van der Waals surface area contributed by atoms with Gasteiger partial charge in [-0.3, -0.25) is 0 Å². The molecule has 0 bridgehead atoms. The van der Waals surface area contributed by atoms with E-state index >= 15 is 0 Å². The molecule has 0 N–H and O–H groups in total. The van der Waals surface area contributed by atoms with Crippen LogP contribution >= 0.6 is 0 Å². The second kappa shape index (κ2) is 13.3. The number of hydrogen-bond donors (Lipinski definition) is 0. The third-order valence-corrected chi connectivity index (χ3v) is 6.54. The monoisotopic (exact) mass is 416 g/mol. The largest absolute Gasteiger partial charge is 0.494 e. The average Bonchev–Trinajstić information content (AvgIpc) is 2.82. The molecule has 1 heteroatoms. The van der Waals surface area contributed by atoms with Crippen molar-refractivity contribution in [3.63, 3.8) is 0 Å². The van der Waals surface area contributed by atoms with Crippen molar-refractivity contribution >= 4 is 0 Å². The zero-order chi connectivity index (χ0) is 21.7. The SMILES string of the molecule is CCCCCCc1ccc(C#CC2CCC(c3ccc(OCCCC)cc3)CC2)cc1. The van der Waals surface area contributed by atoms with Gasteiger partial charge in [-0.15, -0.1) is 0 Å². The molecule has 0 spiro atoms. The van der Waals surface area contributed by atoms with Crippen molar-refractivity contribution in [2.24, 2.45) is 5.92 Å². The lowest BCUT2D eigenvalue weighted by molar-refractivity contribution is 0.309. The van der Waals surface area contributed by atoms with E-state index in [-0.39, 0.29) is 0 Å². The Labute approximate surface area is 190 Å². The van der Waals surface area contributed by atoms with Crippen molar-refractivity contribution in [2.75, 3.05) is 6.61 Å². The molecule has 0 unspecified atom stereocenters. The molecular formula is C30H40O. The zero-order valence-corrected chi connectivity index (χ0v) is 19.7. The second-order valence-corrected chi connectivity index (χ2v) is 9.10. The molecule has 0 atom stereocenters. The minimum Gasteiger partial charge on any atom is -0.494 e. The summed E-state index contributed by atoms with van der Waals surface area (Å²) in [6, 6.07) is 17.8. The molecule has 0 heterocycles. The Morgan fingerprint density at radius 3 is 2.16 bits per heavy atom. The molecule has 3 rings (SSSR count). The third kappa shape index (κ3) is 8.10. The van der Waals surface area contributed by atoms with E-state index in [2.05, 4.69) is 74.2 Å². The molecule has 0 aromatic heterocycles. The summed E-state index contributed by atoms with van der Waals surface area (Å²) in [5.74, 6) is 9.22.